The minimum Gasteiger partial charge on any atom is -0.486 e. The maximum absolute atomic E-state index is 6.13. The van der Waals surface area contributed by atoms with E-state index in [0.717, 1.165) is 27.4 Å². The van der Waals surface area contributed by atoms with Gasteiger partial charge in [0.05, 0.1) is 11.6 Å². The lowest BCUT2D eigenvalue weighted by atomic mass is 10.0. The molecule has 0 aliphatic carbocycles. The number of ether oxygens (including phenoxy) is 1. The second-order valence-corrected chi connectivity index (χ2v) is 6.49. The molecule has 0 spiro atoms. The first-order valence-electron chi connectivity index (χ1n) is 6.81. The van der Waals surface area contributed by atoms with E-state index in [1.807, 2.05) is 25.1 Å². The Morgan fingerprint density at radius 3 is 2.67 bits per heavy atom. The average molecular weight is 318 g/mol. The third-order valence-electron chi connectivity index (χ3n) is 3.56. The second-order valence-electron chi connectivity index (χ2n) is 4.93. The summed E-state index contributed by atoms with van der Waals surface area (Å²) in [5.41, 5.74) is 2.12. The quantitative estimate of drug-likeness (QED) is 0.615. The molecular formula is C17H16ClNOS. The number of hydrogen-bond donors (Lipinski definition) is 0. The minimum absolute atomic E-state index is 0.437. The maximum atomic E-state index is 6.13. The largest absolute Gasteiger partial charge is 0.486 e. The lowest BCUT2D eigenvalue weighted by Crippen LogP contribution is -1.98. The average Bonchev–Trinajstić information content (AvgIpc) is 2.83. The van der Waals surface area contributed by atoms with E-state index < -0.39 is 0 Å². The summed E-state index contributed by atoms with van der Waals surface area (Å²) in [6.45, 7) is 4.59. The van der Waals surface area contributed by atoms with Crippen molar-refractivity contribution in [1.82, 2.24) is 4.98 Å². The number of rotatable bonds is 4. The van der Waals surface area contributed by atoms with E-state index in [1.54, 1.807) is 11.3 Å². The summed E-state index contributed by atoms with van der Waals surface area (Å²) in [6, 6.07) is 12.3. The van der Waals surface area contributed by atoms with Crippen LogP contribution in [0.2, 0.25) is 0 Å². The second kappa shape index (κ2) is 6.04. The van der Waals surface area contributed by atoms with Crippen molar-refractivity contribution in [3.05, 3.63) is 57.5 Å². The van der Waals surface area contributed by atoms with Gasteiger partial charge in [0.25, 0.3) is 0 Å². The zero-order valence-corrected chi connectivity index (χ0v) is 13.6. The summed E-state index contributed by atoms with van der Waals surface area (Å²) in [4.78, 5) is 5.74. The summed E-state index contributed by atoms with van der Waals surface area (Å²) >= 11 is 7.81. The van der Waals surface area contributed by atoms with Gasteiger partial charge in [-0.25, -0.2) is 4.98 Å². The molecule has 4 heteroatoms. The molecule has 21 heavy (non-hydrogen) atoms. The lowest BCUT2D eigenvalue weighted by molar-refractivity contribution is 0.303. The van der Waals surface area contributed by atoms with Gasteiger partial charge in [-0.1, -0.05) is 30.3 Å². The van der Waals surface area contributed by atoms with E-state index in [2.05, 4.69) is 30.1 Å². The first-order chi connectivity index (χ1) is 10.2. The summed E-state index contributed by atoms with van der Waals surface area (Å²) in [5, 5.41) is 3.33. The SMILES string of the molecule is Cc1nc(COc2ccc3ccccc3c2CCl)sc1C. The number of nitrogens with zero attached hydrogens (tertiary/aromatic N) is 1. The topological polar surface area (TPSA) is 22.1 Å². The first-order valence-corrected chi connectivity index (χ1v) is 8.16. The van der Waals surface area contributed by atoms with Gasteiger partial charge in [0.2, 0.25) is 0 Å². The predicted molar refractivity (Wildman–Crippen MR) is 89.4 cm³/mol. The molecule has 0 aliphatic rings. The summed E-state index contributed by atoms with van der Waals surface area (Å²) in [5.74, 6) is 1.28. The van der Waals surface area contributed by atoms with Crippen LogP contribution in [0.4, 0.5) is 0 Å². The molecule has 0 atom stereocenters. The zero-order chi connectivity index (χ0) is 14.8. The van der Waals surface area contributed by atoms with Gasteiger partial charge in [0, 0.05) is 10.4 Å². The van der Waals surface area contributed by atoms with Gasteiger partial charge in [0.15, 0.2) is 0 Å². The number of thiazole rings is 1. The highest BCUT2D eigenvalue weighted by atomic mass is 35.5. The maximum Gasteiger partial charge on any atom is 0.140 e. The predicted octanol–water partition coefficient (Wildman–Crippen LogP) is 5.23. The van der Waals surface area contributed by atoms with Crippen LogP contribution in [0.3, 0.4) is 0 Å². The molecule has 2 nitrogen and oxygen atoms in total. The van der Waals surface area contributed by atoms with Crippen LogP contribution < -0.4 is 4.74 Å². The molecule has 108 valence electrons. The Morgan fingerprint density at radius 1 is 1.14 bits per heavy atom. The van der Waals surface area contributed by atoms with E-state index >= 15 is 0 Å². The number of alkyl halides is 1. The van der Waals surface area contributed by atoms with E-state index in [-0.39, 0.29) is 0 Å². The summed E-state index contributed by atoms with van der Waals surface area (Å²) < 4.78 is 5.95. The van der Waals surface area contributed by atoms with Gasteiger partial charge in [-0.05, 0) is 30.7 Å². The number of halogens is 1. The molecule has 0 N–H and O–H groups in total. The zero-order valence-electron chi connectivity index (χ0n) is 12.0. The molecule has 0 bridgehead atoms. The lowest BCUT2D eigenvalue weighted by Gasteiger charge is -2.11. The molecule has 3 rings (SSSR count). The molecule has 0 saturated carbocycles. The van der Waals surface area contributed by atoms with Gasteiger partial charge in [0.1, 0.15) is 17.4 Å². The summed E-state index contributed by atoms with van der Waals surface area (Å²) in [7, 11) is 0. The fraction of sp³-hybridized carbons (Fsp3) is 0.235. The van der Waals surface area contributed by atoms with Crippen molar-refractivity contribution in [3.63, 3.8) is 0 Å². The highest BCUT2D eigenvalue weighted by molar-refractivity contribution is 7.11. The van der Waals surface area contributed by atoms with Crippen LogP contribution in [0.25, 0.3) is 10.8 Å². The molecule has 0 amide bonds. The van der Waals surface area contributed by atoms with Crippen molar-refractivity contribution in [2.24, 2.45) is 0 Å². The first kappa shape index (κ1) is 14.4. The Bertz CT molecular complexity index is 762. The van der Waals surface area contributed by atoms with Crippen LogP contribution in [0.1, 0.15) is 21.1 Å². The van der Waals surface area contributed by atoms with Gasteiger partial charge in [-0.2, -0.15) is 0 Å². The highest BCUT2D eigenvalue weighted by Crippen LogP contribution is 2.30. The molecule has 1 aromatic heterocycles. The van der Waals surface area contributed by atoms with Crippen molar-refractivity contribution in [2.45, 2.75) is 26.3 Å². The molecule has 3 aromatic rings. The van der Waals surface area contributed by atoms with Crippen molar-refractivity contribution < 1.29 is 4.74 Å². The number of hydrogen-bond acceptors (Lipinski definition) is 3. The molecular weight excluding hydrogens is 302 g/mol. The number of fused-ring (bicyclic) bond motifs is 1. The Hall–Kier alpha value is -1.58. The van der Waals surface area contributed by atoms with E-state index in [0.29, 0.717) is 12.5 Å². The van der Waals surface area contributed by atoms with Crippen LogP contribution in [0.5, 0.6) is 5.75 Å². The number of aromatic nitrogens is 1. The minimum atomic E-state index is 0.437. The third-order valence-corrected chi connectivity index (χ3v) is 4.87. The van der Waals surface area contributed by atoms with Crippen LogP contribution in [-0.4, -0.2) is 4.98 Å². The molecule has 1 heterocycles. The van der Waals surface area contributed by atoms with E-state index in [4.69, 9.17) is 16.3 Å². The molecule has 0 unspecified atom stereocenters. The van der Waals surface area contributed by atoms with Crippen LogP contribution in [0.15, 0.2) is 36.4 Å². The molecule has 0 fully saturated rings. The fourth-order valence-electron chi connectivity index (χ4n) is 2.33. The van der Waals surface area contributed by atoms with Crippen LogP contribution >= 0.6 is 22.9 Å². The van der Waals surface area contributed by atoms with Gasteiger partial charge in [-0.15, -0.1) is 22.9 Å². The smallest absolute Gasteiger partial charge is 0.140 e. The van der Waals surface area contributed by atoms with Gasteiger partial charge < -0.3 is 4.74 Å². The molecule has 0 saturated heterocycles. The standard InChI is InChI=1S/C17H16ClNOS/c1-11-12(2)21-17(19-11)10-20-16-8-7-13-5-3-4-6-14(13)15(16)9-18/h3-8H,9-10H2,1-2H3. The Kier molecular flexibility index (Phi) is 4.13. The number of aryl methyl sites for hydroxylation is 2. The third kappa shape index (κ3) is 2.89. The number of benzene rings is 2. The highest BCUT2D eigenvalue weighted by Gasteiger charge is 2.10. The van der Waals surface area contributed by atoms with Crippen LogP contribution in [-0.2, 0) is 12.5 Å². The van der Waals surface area contributed by atoms with Gasteiger partial charge in [-0.3, -0.25) is 0 Å². The van der Waals surface area contributed by atoms with E-state index in [1.165, 1.54) is 10.3 Å². The van der Waals surface area contributed by atoms with Gasteiger partial charge >= 0.3 is 0 Å². The Balaban J connectivity index is 1.89. The Morgan fingerprint density at radius 2 is 1.95 bits per heavy atom. The Labute approximate surface area is 133 Å². The van der Waals surface area contributed by atoms with Crippen molar-refractivity contribution in [2.75, 3.05) is 0 Å². The molecule has 2 aromatic carbocycles. The molecule has 0 aliphatic heterocycles. The molecule has 0 radical (unpaired) electrons. The monoisotopic (exact) mass is 317 g/mol. The normalized spacial score (nSPS) is 11.0. The fourth-order valence-corrected chi connectivity index (χ4v) is 3.45. The van der Waals surface area contributed by atoms with E-state index in [9.17, 15) is 0 Å². The van der Waals surface area contributed by atoms with Crippen molar-refractivity contribution in [1.29, 1.82) is 0 Å². The summed E-state index contributed by atoms with van der Waals surface area (Å²) in [6.07, 6.45) is 0. The van der Waals surface area contributed by atoms with Crippen molar-refractivity contribution >= 4 is 33.7 Å². The van der Waals surface area contributed by atoms with Crippen molar-refractivity contribution in [3.8, 4) is 5.75 Å². The van der Waals surface area contributed by atoms with Crippen LogP contribution in [0, 0.1) is 13.8 Å².